The number of amides is 2. The molecule has 1 aromatic heterocycles. The van der Waals surface area contributed by atoms with Gasteiger partial charge in [0.05, 0.1) is 6.54 Å². The number of carbonyl (C=O) groups is 2. The van der Waals surface area contributed by atoms with Crippen molar-refractivity contribution >= 4 is 23.3 Å². The minimum absolute atomic E-state index is 0.197. The number of aliphatic hydroxyl groups excluding tert-OH is 1. The summed E-state index contributed by atoms with van der Waals surface area (Å²) < 4.78 is 0. The first-order valence-electron chi connectivity index (χ1n) is 5.79. The number of nitrogens with one attached hydrogen (secondary N) is 2. The van der Waals surface area contributed by atoms with E-state index in [9.17, 15) is 9.59 Å². The summed E-state index contributed by atoms with van der Waals surface area (Å²) in [5.41, 5.74) is -0.197. The number of carbonyl (C=O) groups excluding carboxylic acids is 1. The summed E-state index contributed by atoms with van der Waals surface area (Å²) >= 11 is 1.61. The third kappa shape index (κ3) is 4.88. The average Bonchev–Trinajstić information content (AvgIpc) is 2.87. The highest BCUT2D eigenvalue weighted by atomic mass is 32.1. The zero-order valence-electron chi connectivity index (χ0n) is 10.8. The lowest BCUT2D eigenvalue weighted by Gasteiger charge is -2.23. The van der Waals surface area contributed by atoms with Crippen molar-refractivity contribution in [2.75, 3.05) is 13.1 Å². The van der Waals surface area contributed by atoms with Crippen LogP contribution in [0.5, 0.6) is 0 Å². The van der Waals surface area contributed by atoms with Gasteiger partial charge in [-0.3, -0.25) is 0 Å². The fourth-order valence-corrected chi connectivity index (χ4v) is 2.24. The monoisotopic (exact) mass is 286 g/mol. The standard InChI is InChI=1S/C12H18N2O4S/c1-12(2,9-4-3-5-19-9)7-14-11(18)13-6-8(15)10(16)17/h3-5,8,15H,6-7H2,1-2H3,(H,16,17)(H2,13,14,18). The Labute approximate surface area is 115 Å². The maximum absolute atomic E-state index is 11.5. The summed E-state index contributed by atoms with van der Waals surface area (Å²) in [4.78, 5) is 23.0. The number of hydrogen-bond donors (Lipinski definition) is 4. The first-order valence-corrected chi connectivity index (χ1v) is 6.67. The van der Waals surface area contributed by atoms with Crippen molar-refractivity contribution in [2.24, 2.45) is 0 Å². The third-order valence-corrected chi connectivity index (χ3v) is 3.86. The molecule has 1 aromatic rings. The number of hydrogen-bond acceptors (Lipinski definition) is 4. The second kappa shape index (κ2) is 6.53. The molecule has 1 rings (SSSR count). The number of carboxylic acids is 1. The molecule has 106 valence electrons. The van der Waals surface area contributed by atoms with Crippen LogP contribution in [0, 0.1) is 0 Å². The SMILES string of the molecule is CC(C)(CNC(=O)NCC(O)C(=O)O)c1cccs1. The molecule has 0 aliphatic heterocycles. The Morgan fingerprint density at radius 1 is 1.42 bits per heavy atom. The number of thiophene rings is 1. The van der Waals surface area contributed by atoms with E-state index in [1.807, 2.05) is 31.4 Å². The van der Waals surface area contributed by atoms with E-state index in [2.05, 4.69) is 10.6 Å². The third-order valence-electron chi connectivity index (χ3n) is 2.62. The van der Waals surface area contributed by atoms with Crippen LogP contribution >= 0.6 is 11.3 Å². The Kier molecular flexibility index (Phi) is 5.31. The summed E-state index contributed by atoms with van der Waals surface area (Å²) in [6, 6.07) is 3.45. The van der Waals surface area contributed by atoms with Gasteiger partial charge in [-0.25, -0.2) is 9.59 Å². The van der Waals surface area contributed by atoms with E-state index < -0.39 is 18.1 Å². The molecule has 19 heavy (non-hydrogen) atoms. The van der Waals surface area contributed by atoms with Gasteiger partial charge in [0.1, 0.15) is 0 Å². The first kappa shape index (κ1) is 15.5. The van der Waals surface area contributed by atoms with Gasteiger partial charge in [-0.1, -0.05) is 19.9 Å². The van der Waals surface area contributed by atoms with Gasteiger partial charge in [0.15, 0.2) is 6.10 Å². The predicted octanol–water partition coefficient (Wildman–Crippen LogP) is 0.770. The summed E-state index contributed by atoms with van der Waals surface area (Å²) in [6.45, 7) is 4.11. The number of rotatable bonds is 6. The molecule has 0 fully saturated rings. The average molecular weight is 286 g/mol. The second-order valence-corrected chi connectivity index (χ2v) is 5.73. The zero-order chi connectivity index (χ0) is 14.5. The van der Waals surface area contributed by atoms with Crippen LogP contribution in [0.1, 0.15) is 18.7 Å². The van der Waals surface area contributed by atoms with Crippen LogP contribution < -0.4 is 10.6 Å². The molecule has 6 nitrogen and oxygen atoms in total. The van der Waals surface area contributed by atoms with Crippen molar-refractivity contribution in [3.63, 3.8) is 0 Å². The summed E-state index contributed by atoms with van der Waals surface area (Å²) in [5, 5.41) is 24.4. The molecule has 0 aliphatic rings. The van der Waals surface area contributed by atoms with Gasteiger partial charge in [0.2, 0.25) is 0 Å². The van der Waals surface area contributed by atoms with Gasteiger partial charge < -0.3 is 20.8 Å². The summed E-state index contributed by atoms with van der Waals surface area (Å²) in [7, 11) is 0. The van der Waals surface area contributed by atoms with Crippen molar-refractivity contribution in [3.8, 4) is 0 Å². The first-order chi connectivity index (χ1) is 8.83. The maximum Gasteiger partial charge on any atom is 0.334 e. The van der Waals surface area contributed by atoms with Gasteiger partial charge in [-0.05, 0) is 11.4 Å². The number of urea groups is 1. The maximum atomic E-state index is 11.5. The highest BCUT2D eigenvalue weighted by Crippen LogP contribution is 2.26. The minimum atomic E-state index is -1.59. The van der Waals surface area contributed by atoms with Gasteiger partial charge in [0, 0.05) is 16.8 Å². The van der Waals surface area contributed by atoms with E-state index in [1.165, 1.54) is 0 Å². The molecular formula is C12H18N2O4S. The Bertz CT molecular complexity index is 431. The van der Waals surface area contributed by atoms with Gasteiger partial charge in [-0.15, -0.1) is 11.3 Å². The highest BCUT2D eigenvalue weighted by molar-refractivity contribution is 7.10. The molecule has 0 aromatic carbocycles. The molecule has 1 atom stereocenters. The molecule has 0 aliphatic carbocycles. The van der Waals surface area contributed by atoms with Crippen molar-refractivity contribution < 1.29 is 19.8 Å². The molecular weight excluding hydrogens is 268 g/mol. The molecule has 1 unspecified atom stereocenters. The number of aliphatic carboxylic acids is 1. The van der Waals surface area contributed by atoms with Crippen LogP contribution in [-0.4, -0.2) is 41.4 Å². The van der Waals surface area contributed by atoms with Crippen molar-refractivity contribution in [2.45, 2.75) is 25.4 Å². The van der Waals surface area contributed by atoms with Crippen LogP contribution in [0.3, 0.4) is 0 Å². The van der Waals surface area contributed by atoms with E-state index >= 15 is 0 Å². The quantitative estimate of drug-likeness (QED) is 0.621. The highest BCUT2D eigenvalue weighted by Gasteiger charge is 2.22. The topological polar surface area (TPSA) is 98.7 Å². The molecule has 1 heterocycles. The summed E-state index contributed by atoms with van der Waals surface area (Å²) in [5.74, 6) is -1.36. The normalized spacial score (nSPS) is 12.8. The Morgan fingerprint density at radius 3 is 2.63 bits per heavy atom. The predicted molar refractivity (Wildman–Crippen MR) is 72.4 cm³/mol. The molecule has 2 amide bonds. The van der Waals surface area contributed by atoms with Gasteiger partial charge >= 0.3 is 12.0 Å². The molecule has 0 saturated carbocycles. The lowest BCUT2D eigenvalue weighted by Crippen LogP contribution is -2.45. The van der Waals surface area contributed by atoms with Crippen molar-refractivity contribution in [1.82, 2.24) is 10.6 Å². The Balaban J connectivity index is 2.36. The largest absolute Gasteiger partial charge is 0.479 e. The van der Waals surface area contributed by atoms with E-state index in [-0.39, 0.29) is 12.0 Å². The van der Waals surface area contributed by atoms with E-state index in [0.29, 0.717) is 6.54 Å². The second-order valence-electron chi connectivity index (χ2n) is 4.78. The molecule has 0 bridgehead atoms. The molecule has 4 N–H and O–H groups in total. The Hall–Kier alpha value is -1.60. The fraction of sp³-hybridized carbons (Fsp3) is 0.500. The van der Waals surface area contributed by atoms with Crippen LogP contribution in [0.15, 0.2) is 17.5 Å². The van der Waals surface area contributed by atoms with E-state index in [1.54, 1.807) is 11.3 Å². The lowest BCUT2D eigenvalue weighted by atomic mass is 9.91. The molecule has 0 saturated heterocycles. The minimum Gasteiger partial charge on any atom is -0.479 e. The van der Waals surface area contributed by atoms with E-state index in [0.717, 1.165) is 4.88 Å². The van der Waals surface area contributed by atoms with Crippen molar-refractivity contribution in [3.05, 3.63) is 22.4 Å². The zero-order valence-corrected chi connectivity index (χ0v) is 11.7. The fourth-order valence-electron chi connectivity index (χ4n) is 1.39. The van der Waals surface area contributed by atoms with Crippen LogP contribution in [0.25, 0.3) is 0 Å². The van der Waals surface area contributed by atoms with E-state index in [4.69, 9.17) is 10.2 Å². The van der Waals surface area contributed by atoms with Gasteiger partial charge in [-0.2, -0.15) is 0 Å². The number of aliphatic hydroxyl groups is 1. The Morgan fingerprint density at radius 2 is 2.11 bits per heavy atom. The van der Waals surface area contributed by atoms with Crippen LogP contribution in [0.2, 0.25) is 0 Å². The molecule has 0 radical (unpaired) electrons. The number of carboxylic acid groups (broad SMARTS) is 1. The van der Waals surface area contributed by atoms with Crippen LogP contribution in [0.4, 0.5) is 4.79 Å². The van der Waals surface area contributed by atoms with Crippen LogP contribution in [-0.2, 0) is 10.2 Å². The lowest BCUT2D eigenvalue weighted by molar-refractivity contribution is -0.146. The molecule has 7 heteroatoms. The van der Waals surface area contributed by atoms with Crippen molar-refractivity contribution in [1.29, 1.82) is 0 Å². The van der Waals surface area contributed by atoms with Gasteiger partial charge in [0.25, 0.3) is 0 Å². The summed E-state index contributed by atoms with van der Waals surface area (Å²) in [6.07, 6.45) is -1.59. The smallest absolute Gasteiger partial charge is 0.334 e. The molecule has 0 spiro atoms.